The zero-order chi connectivity index (χ0) is 13.1. The van der Waals surface area contributed by atoms with Crippen molar-refractivity contribution in [1.29, 1.82) is 0 Å². The van der Waals surface area contributed by atoms with Crippen LogP contribution in [0.2, 0.25) is 0 Å². The van der Waals surface area contributed by atoms with E-state index < -0.39 is 0 Å². The fourth-order valence-corrected chi connectivity index (χ4v) is 2.30. The van der Waals surface area contributed by atoms with Gasteiger partial charge in [0.15, 0.2) is 0 Å². The van der Waals surface area contributed by atoms with Gasteiger partial charge in [-0.3, -0.25) is 4.79 Å². The topological polar surface area (TPSA) is 52.3 Å². The predicted molar refractivity (Wildman–Crippen MR) is 71.4 cm³/mol. The van der Waals surface area contributed by atoms with E-state index >= 15 is 0 Å². The highest BCUT2D eigenvalue weighted by Crippen LogP contribution is 2.40. The van der Waals surface area contributed by atoms with Gasteiger partial charge in [0.1, 0.15) is 0 Å². The Morgan fingerprint density at radius 2 is 2.00 bits per heavy atom. The quantitative estimate of drug-likeness (QED) is 0.814. The lowest BCUT2D eigenvalue weighted by Crippen LogP contribution is -2.27. The Bertz CT molecular complexity index is 407. The molecule has 0 aromatic heterocycles. The summed E-state index contributed by atoms with van der Waals surface area (Å²) in [5.41, 5.74) is 8.50. The lowest BCUT2D eigenvalue weighted by molar-refractivity contribution is -0.141. The second kappa shape index (κ2) is 5.53. The number of nitrogens with two attached hydrogens (primary N) is 1. The number of rotatable bonds is 5. The van der Waals surface area contributed by atoms with Crippen molar-refractivity contribution < 1.29 is 9.53 Å². The van der Waals surface area contributed by atoms with Gasteiger partial charge < -0.3 is 10.5 Å². The minimum absolute atomic E-state index is 0.0331. The molecule has 1 aliphatic rings. The van der Waals surface area contributed by atoms with Gasteiger partial charge in [-0.15, -0.1) is 0 Å². The van der Waals surface area contributed by atoms with Crippen LogP contribution in [0.4, 0.5) is 0 Å². The molecule has 1 fully saturated rings. The summed E-state index contributed by atoms with van der Waals surface area (Å²) in [5.74, 6) is 0.586. The molecule has 0 amide bonds. The van der Waals surface area contributed by atoms with E-state index in [2.05, 4.69) is 24.3 Å². The largest absolute Gasteiger partial charge is 0.469 e. The molecule has 18 heavy (non-hydrogen) atoms. The molecule has 3 nitrogen and oxygen atoms in total. The Morgan fingerprint density at radius 1 is 1.39 bits per heavy atom. The van der Waals surface area contributed by atoms with Gasteiger partial charge in [-0.2, -0.15) is 0 Å². The number of ether oxygens (including phenoxy) is 1. The maximum atomic E-state index is 11.4. The average Bonchev–Trinajstić information content (AvgIpc) is 3.20. The first-order valence-electron chi connectivity index (χ1n) is 6.54. The summed E-state index contributed by atoms with van der Waals surface area (Å²) < 4.78 is 4.73. The Morgan fingerprint density at radius 3 is 2.44 bits per heavy atom. The van der Waals surface area contributed by atoms with Crippen LogP contribution in [0.5, 0.6) is 0 Å². The molecule has 0 heterocycles. The lowest BCUT2D eigenvalue weighted by Gasteiger charge is -2.20. The van der Waals surface area contributed by atoms with Crippen molar-refractivity contribution in [2.75, 3.05) is 7.11 Å². The van der Waals surface area contributed by atoms with E-state index in [9.17, 15) is 4.79 Å². The van der Waals surface area contributed by atoms with Crippen molar-refractivity contribution in [1.82, 2.24) is 0 Å². The fraction of sp³-hybridized carbons (Fsp3) is 0.533. The molecule has 1 aromatic rings. The molecule has 98 valence electrons. The van der Waals surface area contributed by atoms with E-state index in [1.165, 1.54) is 25.5 Å². The smallest absolute Gasteiger partial charge is 0.306 e. The summed E-state index contributed by atoms with van der Waals surface area (Å²) >= 11 is 0. The first kappa shape index (κ1) is 13.1. The molecular weight excluding hydrogens is 226 g/mol. The third-order valence-electron chi connectivity index (χ3n) is 3.66. The minimum Gasteiger partial charge on any atom is -0.469 e. The van der Waals surface area contributed by atoms with Crippen LogP contribution in [0.15, 0.2) is 24.3 Å². The highest BCUT2D eigenvalue weighted by atomic mass is 16.5. The molecule has 0 bridgehead atoms. The maximum absolute atomic E-state index is 11.4. The molecule has 2 N–H and O–H groups in total. The van der Waals surface area contributed by atoms with E-state index in [0.717, 1.165) is 11.5 Å². The number of hydrogen-bond donors (Lipinski definition) is 1. The van der Waals surface area contributed by atoms with Crippen molar-refractivity contribution in [3.05, 3.63) is 35.4 Å². The van der Waals surface area contributed by atoms with Gasteiger partial charge in [0.25, 0.3) is 0 Å². The van der Waals surface area contributed by atoms with Crippen molar-refractivity contribution in [2.45, 2.75) is 44.1 Å². The van der Waals surface area contributed by atoms with Crippen LogP contribution in [-0.4, -0.2) is 19.1 Å². The second-order valence-electron chi connectivity index (χ2n) is 5.19. The molecule has 2 unspecified atom stereocenters. The highest BCUT2D eigenvalue weighted by molar-refractivity contribution is 5.70. The summed E-state index contributed by atoms with van der Waals surface area (Å²) in [5, 5.41) is 0. The Labute approximate surface area is 108 Å². The molecule has 1 aromatic carbocycles. The van der Waals surface area contributed by atoms with Gasteiger partial charge in [0.05, 0.1) is 13.5 Å². The van der Waals surface area contributed by atoms with Crippen LogP contribution in [-0.2, 0) is 9.53 Å². The second-order valence-corrected chi connectivity index (χ2v) is 5.19. The summed E-state index contributed by atoms with van der Waals surface area (Å²) in [6.45, 7) is 1.93. The number of methoxy groups -OCH3 is 1. The van der Waals surface area contributed by atoms with Crippen LogP contribution >= 0.6 is 0 Å². The molecule has 0 saturated heterocycles. The normalized spacial score (nSPS) is 18.2. The third kappa shape index (κ3) is 3.10. The molecule has 0 radical (unpaired) electrons. The Balaban J connectivity index is 2.11. The van der Waals surface area contributed by atoms with E-state index in [1.807, 2.05) is 6.92 Å². The van der Waals surface area contributed by atoms with E-state index in [-0.39, 0.29) is 17.9 Å². The number of esters is 1. The lowest BCUT2D eigenvalue weighted by atomic mass is 9.89. The van der Waals surface area contributed by atoms with Crippen molar-refractivity contribution in [2.24, 2.45) is 5.73 Å². The van der Waals surface area contributed by atoms with Crippen LogP contribution < -0.4 is 5.73 Å². The van der Waals surface area contributed by atoms with Gasteiger partial charge >= 0.3 is 5.97 Å². The van der Waals surface area contributed by atoms with Gasteiger partial charge in [-0.05, 0) is 36.8 Å². The molecular formula is C15H21NO2. The number of carbonyl (C=O) groups excluding carboxylic acids is 1. The molecule has 0 aliphatic heterocycles. The standard InChI is InChI=1S/C15H21NO2/c1-10(16)14(9-15(17)18-2)13-7-5-12(6-8-13)11-3-4-11/h5-8,10-11,14H,3-4,9,16H2,1-2H3. The van der Waals surface area contributed by atoms with Crippen molar-refractivity contribution in [3.63, 3.8) is 0 Å². The molecule has 1 saturated carbocycles. The monoisotopic (exact) mass is 247 g/mol. The average molecular weight is 247 g/mol. The number of benzene rings is 1. The molecule has 1 aliphatic carbocycles. The maximum Gasteiger partial charge on any atom is 0.306 e. The minimum atomic E-state index is -0.205. The van der Waals surface area contributed by atoms with Crippen LogP contribution in [0.25, 0.3) is 0 Å². The zero-order valence-electron chi connectivity index (χ0n) is 11.1. The van der Waals surface area contributed by atoms with Crippen molar-refractivity contribution >= 4 is 5.97 Å². The predicted octanol–water partition coefficient (Wildman–Crippen LogP) is 2.56. The third-order valence-corrected chi connectivity index (χ3v) is 3.66. The zero-order valence-corrected chi connectivity index (χ0v) is 11.1. The molecule has 3 heteroatoms. The van der Waals surface area contributed by atoms with Gasteiger partial charge in [0.2, 0.25) is 0 Å². The van der Waals surface area contributed by atoms with E-state index in [0.29, 0.717) is 6.42 Å². The SMILES string of the molecule is COC(=O)CC(c1ccc(C2CC2)cc1)C(C)N. The number of hydrogen-bond acceptors (Lipinski definition) is 3. The highest BCUT2D eigenvalue weighted by Gasteiger charge is 2.24. The van der Waals surface area contributed by atoms with Gasteiger partial charge in [-0.1, -0.05) is 24.3 Å². The molecule has 0 spiro atoms. The number of carbonyl (C=O) groups is 1. The van der Waals surface area contributed by atoms with Crippen LogP contribution in [0.3, 0.4) is 0 Å². The van der Waals surface area contributed by atoms with Crippen LogP contribution in [0.1, 0.15) is 49.1 Å². The summed E-state index contributed by atoms with van der Waals surface area (Å²) in [4.78, 5) is 11.4. The summed E-state index contributed by atoms with van der Waals surface area (Å²) in [7, 11) is 1.41. The molecule has 2 atom stereocenters. The Hall–Kier alpha value is -1.35. The molecule has 2 rings (SSSR count). The summed E-state index contributed by atoms with van der Waals surface area (Å²) in [6.07, 6.45) is 2.95. The van der Waals surface area contributed by atoms with Gasteiger partial charge in [-0.25, -0.2) is 0 Å². The van der Waals surface area contributed by atoms with Gasteiger partial charge in [0, 0.05) is 12.0 Å². The Kier molecular flexibility index (Phi) is 4.02. The first-order chi connectivity index (χ1) is 8.61. The summed E-state index contributed by atoms with van der Waals surface area (Å²) in [6, 6.07) is 8.48. The van der Waals surface area contributed by atoms with E-state index in [1.54, 1.807) is 0 Å². The van der Waals surface area contributed by atoms with E-state index in [4.69, 9.17) is 10.5 Å². The first-order valence-corrected chi connectivity index (χ1v) is 6.54. The fourth-order valence-electron chi connectivity index (χ4n) is 2.30. The van der Waals surface area contributed by atoms with Crippen molar-refractivity contribution in [3.8, 4) is 0 Å². The van der Waals surface area contributed by atoms with Crippen LogP contribution in [0, 0.1) is 0 Å².